The molecule has 1 heterocycles. The Morgan fingerprint density at radius 1 is 0.897 bits per heavy atom. The summed E-state index contributed by atoms with van der Waals surface area (Å²) in [5.74, 6) is 1.54. The van der Waals surface area contributed by atoms with Crippen molar-refractivity contribution in [2.45, 2.75) is 50.6 Å². The maximum absolute atomic E-state index is 14.2. The lowest BCUT2D eigenvalue weighted by Crippen LogP contribution is -2.47. The molecule has 1 aliphatic carbocycles. The first-order valence-electron chi connectivity index (χ1n) is 13.1. The molecule has 1 N–H and O–H groups in total. The highest BCUT2D eigenvalue weighted by atomic mass is 32.1. The van der Waals surface area contributed by atoms with Crippen LogP contribution in [-0.2, 0) is 16.0 Å². The average Bonchev–Trinajstić information content (AvgIpc) is 3.48. The van der Waals surface area contributed by atoms with Crippen LogP contribution in [0.3, 0.4) is 0 Å². The van der Waals surface area contributed by atoms with Crippen molar-refractivity contribution in [2.75, 3.05) is 33.3 Å². The zero-order valence-corrected chi connectivity index (χ0v) is 23.7. The van der Waals surface area contributed by atoms with E-state index in [4.69, 9.17) is 18.9 Å². The largest absolute Gasteiger partial charge is 0.497 e. The maximum Gasteiger partial charge on any atom is 0.248 e. The first-order valence-corrected chi connectivity index (χ1v) is 13.9. The van der Waals surface area contributed by atoms with Crippen LogP contribution >= 0.6 is 11.3 Å². The summed E-state index contributed by atoms with van der Waals surface area (Å²) in [5, 5.41) is 5.17. The topological polar surface area (TPSA) is 86.3 Å². The number of nitrogens with one attached hydrogen (secondary N) is 1. The Morgan fingerprint density at radius 2 is 1.59 bits per heavy atom. The predicted octanol–water partition coefficient (Wildman–Crippen LogP) is 5.55. The van der Waals surface area contributed by atoms with Crippen molar-refractivity contribution >= 4 is 28.8 Å². The van der Waals surface area contributed by atoms with Gasteiger partial charge in [-0.2, -0.15) is 0 Å². The van der Waals surface area contributed by atoms with Crippen molar-refractivity contribution in [1.29, 1.82) is 0 Å². The van der Waals surface area contributed by atoms with Crippen molar-refractivity contribution in [3.05, 3.63) is 64.4 Å². The number of anilines is 1. The molecule has 1 aliphatic rings. The minimum atomic E-state index is -0.976. The molecule has 0 spiro atoms. The minimum Gasteiger partial charge on any atom is -0.497 e. The summed E-state index contributed by atoms with van der Waals surface area (Å²) in [7, 11) is 6.21. The van der Waals surface area contributed by atoms with E-state index in [0.717, 1.165) is 30.6 Å². The molecule has 0 aliphatic heterocycles. The van der Waals surface area contributed by atoms with Gasteiger partial charge in [0.05, 0.1) is 40.5 Å². The number of thiophene rings is 1. The fraction of sp³-hybridized carbons (Fsp3) is 0.400. The average molecular weight is 553 g/mol. The molecule has 0 saturated heterocycles. The van der Waals surface area contributed by atoms with E-state index in [1.807, 2.05) is 17.5 Å². The SMILES string of the molecule is COc1cc(OC)cc(N(C(=O)Cc2cccs2)C(C(=O)NC2CCCCC2)c2ccc(OC)c(OC)c2)c1. The second-order valence-electron chi connectivity index (χ2n) is 9.45. The third kappa shape index (κ3) is 6.84. The number of ether oxygens (including phenoxy) is 4. The molecule has 0 radical (unpaired) electrons. The van der Waals surface area contributed by atoms with Crippen LogP contribution in [0.15, 0.2) is 53.9 Å². The molecule has 2 aromatic carbocycles. The second-order valence-corrected chi connectivity index (χ2v) is 10.5. The highest BCUT2D eigenvalue weighted by Gasteiger charge is 2.35. The second kappa shape index (κ2) is 13.4. The van der Waals surface area contributed by atoms with Crippen molar-refractivity contribution in [3.8, 4) is 23.0 Å². The van der Waals surface area contributed by atoms with Gasteiger partial charge >= 0.3 is 0 Å². The monoisotopic (exact) mass is 552 g/mol. The molecule has 8 nitrogen and oxygen atoms in total. The molecular weight excluding hydrogens is 516 g/mol. The van der Waals surface area contributed by atoms with E-state index < -0.39 is 6.04 Å². The van der Waals surface area contributed by atoms with Gasteiger partial charge in [-0.05, 0) is 42.0 Å². The number of hydrogen-bond acceptors (Lipinski definition) is 7. The molecule has 1 aromatic heterocycles. The smallest absolute Gasteiger partial charge is 0.248 e. The lowest BCUT2D eigenvalue weighted by molar-refractivity contribution is -0.127. The van der Waals surface area contributed by atoms with Crippen LogP contribution in [0.1, 0.15) is 48.6 Å². The number of carbonyl (C=O) groups is 2. The van der Waals surface area contributed by atoms with E-state index in [-0.39, 0.29) is 24.3 Å². The standard InChI is InChI=1S/C30H36N2O6S/c1-35-23-16-22(17-24(18-23)36-2)32(28(33)19-25-11-8-14-39-25)29(30(34)31-21-9-6-5-7-10-21)20-12-13-26(37-3)27(15-20)38-4/h8,11-18,21,29H,5-7,9-10,19H2,1-4H3,(H,31,34). The Hall–Kier alpha value is -3.72. The summed E-state index contributed by atoms with van der Waals surface area (Å²) >= 11 is 1.50. The van der Waals surface area contributed by atoms with Gasteiger partial charge in [-0.15, -0.1) is 11.3 Å². The van der Waals surface area contributed by atoms with E-state index in [0.29, 0.717) is 34.2 Å². The summed E-state index contributed by atoms with van der Waals surface area (Å²) in [6, 6.07) is 13.4. The van der Waals surface area contributed by atoms with Crippen LogP contribution in [0, 0.1) is 0 Å². The number of carbonyl (C=O) groups excluding carboxylic acids is 2. The van der Waals surface area contributed by atoms with Gasteiger partial charge in [0.15, 0.2) is 11.5 Å². The van der Waals surface area contributed by atoms with Gasteiger partial charge in [-0.1, -0.05) is 31.4 Å². The molecule has 208 valence electrons. The molecule has 1 atom stereocenters. The fourth-order valence-electron chi connectivity index (χ4n) is 4.98. The van der Waals surface area contributed by atoms with E-state index in [2.05, 4.69) is 5.32 Å². The van der Waals surface area contributed by atoms with Gasteiger partial charge in [0.1, 0.15) is 17.5 Å². The summed E-state index contributed by atoms with van der Waals surface area (Å²) in [6.45, 7) is 0. The molecule has 1 saturated carbocycles. The van der Waals surface area contributed by atoms with Crippen molar-refractivity contribution < 1.29 is 28.5 Å². The van der Waals surface area contributed by atoms with Gasteiger partial charge in [-0.25, -0.2) is 0 Å². The fourth-order valence-corrected chi connectivity index (χ4v) is 5.68. The Kier molecular flexibility index (Phi) is 9.70. The first-order chi connectivity index (χ1) is 19.0. The number of methoxy groups -OCH3 is 4. The van der Waals surface area contributed by atoms with E-state index in [9.17, 15) is 9.59 Å². The first kappa shape index (κ1) is 28.3. The summed E-state index contributed by atoms with van der Waals surface area (Å²) in [4.78, 5) is 30.7. The maximum atomic E-state index is 14.2. The minimum absolute atomic E-state index is 0.0583. The van der Waals surface area contributed by atoms with E-state index in [1.165, 1.54) is 17.8 Å². The molecule has 2 amide bonds. The highest BCUT2D eigenvalue weighted by molar-refractivity contribution is 7.10. The van der Waals surface area contributed by atoms with Crippen LogP contribution in [-0.4, -0.2) is 46.3 Å². The van der Waals surface area contributed by atoms with Gasteiger partial charge in [0.2, 0.25) is 11.8 Å². The molecule has 39 heavy (non-hydrogen) atoms. The summed E-state index contributed by atoms with van der Waals surface area (Å²) in [6.07, 6.45) is 5.28. The summed E-state index contributed by atoms with van der Waals surface area (Å²) < 4.78 is 22.0. The van der Waals surface area contributed by atoms with Crippen molar-refractivity contribution in [3.63, 3.8) is 0 Å². The number of nitrogens with zero attached hydrogens (tertiary/aromatic N) is 1. The number of benzene rings is 2. The quantitative estimate of drug-likeness (QED) is 0.336. The van der Waals surface area contributed by atoms with Crippen LogP contribution in [0.25, 0.3) is 0 Å². The molecule has 0 bridgehead atoms. The lowest BCUT2D eigenvalue weighted by atomic mass is 9.94. The van der Waals surface area contributed by atoms with E-state index >= 15 is 0 Å². The normalized spacial score (nSPS) is 14.3. The Balaban J connectivity index is 1.86. The molecule has 3 aromatic rings. The zero-order valence-electron chi connectivity index (χ0n) is 22.9. The van der Waals surface area contributed by atoms with Gasteiger partial charge in [0, 0.05) is 29.1 Å². The van der Waals surface area contributed by atoms with E-state index in [1.54, 1.807) is 69.7 Å². The molecular formula is C30H36N2O6S. The molecule has 1 fully saturated rings. The summed E-state index contributed by atoms with van der Waals surface area (Å²) in [5.41, 5.74) is 1.09. The van der Waals surface area contributed by atoms with Crippen molar-refractivity contribution in [2.24, 2.45) is 0 Å². The third-order valence-corrected chi connectivity index (χ3v) is 7.85. The molecule has 9 heteroatoms. The third-order valence-electron chi connectivity index (χ3n) is 6.97. The Labute approximate surface area is 233 Å². The predicted molar refractivity (Wildman–Crippen MR) is 152 cm³/mol. The number of amides is 2. The molecule has 4 rings (SSSR count). The van der Waals surface area contributed by atoms with Crippen LogP contribution in [0.5, 0.6) is 23.0 Å². The van der Waals surface area contributed by atoms with Crippen LogP contribution in [0.2, 0.25) is 0 Å². The molecule has 1 unspecified atom stereocenters. The number of rotatable bonds is 11. The highest BCUT2D eigenvalue weighted by Crippen LogP contribution is 2.38. The van der Waals surface area contributed by atoms with Crippen molar-refractivity contribution in [1.82, 2.24) is 5.32 Å². The van der Waals surface area contributed by atoms with Gasteiger partial charge in [-0.3, -0.25) is 14.5 Å². The van der Waals surface area contributed by atoms with Crippen LogP contribution in [0.4, 0.5) is 5.69 Å². The number of hydrogen-bond donors (Lipinski definition) is 1. The van der Waals surface area contributed by atoms with Gasteiger partial charge in [0.25, 0.3) is 0 Å². The lowest BCUT2D eigenvalue weighted by Gasteiger charge is -2.34. The van der Waals surface area contributed by atoms with Crippen LogP contribution < -0.4 is 29.2 Å². The van der Waals surface area contributed by atoms with Gasteiger partial charge < -0.3 is 24.3 Å². The zero-order chi connectivity index (χ0) is 27.8. The Morgan fingerprint density at radius 3 is 2.18 bits per heavy atom. The Bertz CT molecular complexity index is 1230.